The van der Waals surface area contributed by atoms with Crippen LogP contribution in [0.15, 0.2) is 28.7 Å². The van der Waals surface area contributed by atoms with Crippen molar-refractivity contribution in [1.29, 1.82) is 0 Å². The van der Waals surface area contributed by atoms with Crippen LogP contribution in [0.1, 0.15) is 22.5 Å². The first-order chi connectivity index (χ1) is 10.1. The Kier molecular flexibility index (Phi) is 3.62. The molecular formula is C15H16N2O4. The van der Waals surface area contributed by atoms with Crippen LogP contribution in [0, 0.1) is 0 Å². The first kappa shape index (κ1) is 13.6. The molecule has 110 valence electrons. The van der Waals surface area contributed by atoms with Crippen molar-refractivity contribution in [2.75, 3.05) is 19.6 Å². The largest absolute Gasteiger partial charge is 0.475 e. The molecule has 0 spiro atoms. The molecule has 3 rings (SSSR count). The number of para-hydroxylation sites is 1. The Morgan fingerprint density at radius 3 is 3.00 bits per heavy atom. The van der Waals surface area contributed by atoms with Gasteiger partial charge >= 0.3 is 5.97 Å². The van der Waals surface area contributed by atoms with Crippen LogP contribution in [0.25, 0.3) is 11.0 Å². The second kappa shape index (κ2) is 5.57. The summed E-state index contributed by atoms with van der Waals surface area (Å²) in [6, 6.07) is 7.25. The van der Waals surface area contributed by atoms with Gasteiger partial charge in [-0.3, -0.25) is 9.69 Å². The summed E-state index contributed by atoms with van der Waals surface area (Å²) in [5.41, 5.74) is 1.19. The third-order valence-corrected chi connectivity index (χ3v) is 3.61. The lowest BCUT2D eigenvalue weighted by atomic mass is 10.1. The molecule has 21 heavy (non-hydrogen) atoms. The summed E-state index contributed by atoms with van der Waals surface area (Å²) < 4.78 is 5.43. The van der Waals surface area contributed by atoms with Crippen molar-refractivity contribution in [1.82, 2.24) is 10.2 Å². The zero-order chi connectivity index (χ0) is 14.8. The number of carboxylic acid groups (broad SMARTS) is 1. The monoisotopic (exact) mass is 288 g/mol. The first-order valence-electron chi connectivity index (χ1n) is 6.88. The number of benzene rings is 1. The number of nitrogens with zero attached hydrogens (tertiary/aromatic N) is 1. The number of rotatable bonds is 3. The lowest BCUT2D eigenvalue weighted by Crippen LogP contribution is -2.32. The maximum absolute atomic E-state index is 11.6. The lowest BCUT2D eigenvalue weighted by Gasteiger charge is -2.18. The van der Waals surface area contributed by atoms with Gasteiger partial charge in [0, 0.05) is 30.6 Å². The van der Waals surface area contributed by atoms with E-state index in [1.807, 2.05) is 17.0 Å². The van der Waals surface area contributed by atoms with E-state index in [0.29, 0.717) is 24.2 Å². The highest BCUT2D eigenvalue weighted by atomic mass is 16.4. The third-order valence-electron chi connectivity index (χ3n) is 3.61. The van der Waals surface area contributed by atoms with Crippen molar-refractivity contribution in [3.8, 4) is 0 Å². The van der Waals surface area contributed by atoms with Crippen LogP contribution >= 0.6 is 0 Å². The number of aromatic carboxylic acids is 1. The van der Waals surface area contributed by atoms with Crippen molar-refractivity contribution in [2.45, 2.75) is 13.0 Å². The van der Waals surface area contributed by atoms with Gasteiger partial charge in [-0.15, -0.1) is 0 Å². The Hall–Kier alpha value is -2.34. The molecule has 0 aliphatic carbocycles. The maximum Gasteiger partial charge on any atom is 0.372 e. The lowest BCUT2D eigenvalue weighted by molar-refractivity contribution is -0.121. The van der Waals surface area contributed by atoms with Crippen molar-refractivity contribution >= 4 is 22.8 Å². The number of fused-ring (bicyclic) bond motifs is 1. The average molecular weight is 288 g/mol. The van der Waals surface area contributed by atoms with Crippen LogP contribution < -0.4 is 5.32 Å². The minimum Gasteiger partial charge on any atom is -0.475 e. The third kappa shape index (κ3) is 2.75. The number of furan rings is 1. The molecule has 1 amide bonds. The van der Waals surface area contributed by atoms with Gasteiger partial charge in [0.05, 0.1) is 6.54 Å². The summed E-state index contributed by atoms with van der Waals surface area (Å²) in [5.74, 6) is -1.15. The normalized spacial score (nSPS) is 16.7. The van der Waals surface area contributed by atoms with Gasteiger partial charge in [-0.1, -0.05) is 18.2 Å². The van der Waals surface area contributed by atoms with Crippen molar-refractivity contribution in [3.63, 3.8) is 0 Å². The van der Waals surface area contributed by atoms with Crippen molar-refractivity contribution in [2.24, 2.45) is 0 Å². The molecule has 1 aliphatic rings. The summed E-state index contributed by atoms with van der Waals surface area (Å²) in [5, 5.41) is 12.9. The van der Waals surface area contributed by atoms with Crippen molar-refractivity contribution < 1.29 is 19.1 Å². The Labute approximate surface area is 121 Å². The standard InChI is InChI=1S/C15H16N2O4/c18-13-9-17(7-3-6-16-13)8-11-10-4-1-2-5-12(10)21-14(11)15(19)20/h1-2,4-5H,3,6-9H2,(H,16,18)(H,19,20). The topological polar surface area (TPSA) is 82.8 Å². The van der Waals surface area contributed by atoms with Gasteiger partial charge < -0.3 is 14.8 Å². The number of carboxylic acids is 1. The molecule has 2 N–H and O–H groups in total. The number of carbonyl (C=O) groups excluding carboxylic acids is 1. The van der Waals surface area contributed by atoms with Gasteiger partial charge in [0.1, 0.15) is 5.58 Å². The van der Waals surface area contributed by atoms with Crippen LogP contribution in [0.4, 0.5) is 0 Å². The molecule has 0 bridgehead atoms. The number of amides is 1. The second-order valence-corrected chi connectivity index (χ2v) is 5.13. The van der Waals surface area contributed by atoms with Gasteiger partial charge in [-0.25, -0.2) is 4.79 Å². The van der Waals surface area contributed by atoms with E-state index in [-0.39, 0.29) is 18.2 Å². The van der Waals surface area contributed by atoms with Gasteiger partial charge in [0.15, 0.2) is 0 Å². The molecule has 1 aromatic heterocycles. The predicted molar refractivity (Wildman–Crippen MR) is 76.1 cm³/mol. The molecule has 0 saturated carbocycles. The maximum atomic E-state index is 11.6. The van der Waals surface area contributed by atoms with Crippen LogP contribution in [0.2, 0.25) is 0 Å². The van der Waals surface area contributed by atoms with E-state index in [9.17, 15) is 14.7 Å². The number of carbonyl (C=O) groups is 2. The fraction of sp³-hybridized carbons (Fsp3) is 0.333. The minimum absolute atomic E-state index is 0.0304. The zero-order valence-electron chi connectivity index (χ0n) is 11.5. The van der Waals surface area contributed by atoms with Crippen LogP contribution in [0.5, 0.6) is 0 Å². The summed E-state index contributed by atoms with van der Waals surface area (Å²) in [6.45, 7) is 2.08. The Balaban J connectivity index is 1.96. The Bertz CT molecular complexity index is 692. The van der Waals surface area contributed by atoms with Gasteiger partial charge in [-0.05, 0) is 12.5 Å². The predicted octanol–water partition coefficient (Wildman–Crippen LogP) is 1.45. The molecule has 0 unspecified atom stereocenters. The summed E-state index contributed by atoms with van der Waals surface area (Å²) in [6.07, 6.45) is 0.851. The van der Waals surface area contributed by atoms with E-state index in [2.05, 4.69) is 5.32 Å². The fourth-order valence-corrected chi connectivity index (χ4v) is 2.66. The molecule has 1 aromatic carbocycles. The van der Waals surface area contributed by atoms with E-state index < -0.39 is 5.97 Å². The molecule has 0 radical (unpaired) electrons. The molecule has 1 aliphatic heterocycles. The van der Waals surface area contributed by atoms with E-state index >= 15 is 0 Å². The SMILES string of the molecule is O=C1CN(Cc2c(C(=O)O)oc3ccccc23)CCCN1. The van der Waals surface area contributed by atoms with E-state index in [0.717, 1.165) is 18.4 Å². The molecular weight excluding hydrogens is 272 g/mol. The molecule has 6 nitrogen and oxygen atoms in total. The van der Waals surface area contributed by atoms with Crippen molar-refractivity contribution in [3.05, 3.63) is 35.6 Å². The van der Waals surface area contributed by atoms with E-state index in [1.54, 1.807) is 12.1 Å². The van der Waals surface area contributed by atoms with Crippen LogP contribution in [-0.4, -0.2) is 41.5 Å². The van der Waals surface area contributed by atoms with Crippen LogP contribution in [-0.2, 0) is 11.3 Å². The first-order valence-corrected chi connectivity index (χ1v) is 6.88. The smallest absolute Gasteiger partial charge is 0.372 e. The quantitative estimate of drug-likeness (QED) is 0.893. The van der Waals surface area contributed by atoms with E-state index in [4.69, 9.17) is 4.42 Å². The molecule has 2 heterocycles. The van der Waals surface area contributed by atoms with E-state index in [1.165, 1.54) is 0 Å². The number of hydrogen-bond acceptors (Lipinski definition) is 4. The Morgan fingerprint density at radius 2 is 2.19 bits per heavy atom. The van der Waals surface area contributed by atoms with Gasteiger partial charge in [-0.2, -0.15) is 0 Å². The summed E-state index contributed by atoms with van der Waals surface area (Å²) in [7, 11) is 0. The fourth-order valence-electron chi connectivity index (χ4n) is 2.66. The minimum atomic E-state index is -1.08. The molecule has 1 saturated heterocycles. The van der Waals surface area contributed by atoms with Crippen LogP contribution in [0.3, 0.4) is 0 Å². The average Bonchev–Trinajstić information content (AvgIpc) is 2.69. The molecule has 2 aromatic rings. The number of nitrogens with one attached hydrogen (secondary N) is 1. The highest BCUT2D eigenvalue weighted by Crippen LogP contribution is 2.27. The summed E-state index contributed by atoms with van der Waals surface area (Å²) in [4.78, 5) is 24.9. The second-order valence-electron chi connectivity index (χ2n) is 5.13. The van der Waals surface area contributed by atoms with Gasteiger partial charge in [0.25, 0.3) is 0 Å². The molecule has 0 atom stereocenters. The molecule has 6 heteroatoms. The number of hydrogen-bond donors (Lipinski definition) is 2. The molecule has 1 fully saturated rings. The zero-order valence-corrected chi connectivity index (χ0v) is 11.5. The van der Waals surface area contributed by atoms with Gasteiger partial charge in [0.2, 0.25) is 11.7 Å². The highest BCUT2D eigenvalue weighted by molar-refractivity contribution is 5.95. The summed E-state index contributed by atoms with van der Waals surface area (Å²) >= 11 is 0. The highest BCUT2D eigenvalue weighted by Gasteiger charge is 2.23. The Morgan fingerprint density at radius 1 is 1.38 bits per heavy atom.